The molecule has 182 valence electrons. The molecule has 1 aliphatic heterocycles. The quantitative estimate of drug-likeness (QED) is 0.326. The summed E-state index contributed by atoms with van der Waals surface area (Å²) in [5.41, 5.74) is 4.16. The Morgan fingerprint density at radius 3 is 2.57 bits per heavy atom. The summed E-state index contributed by atoms with van der Waals surface area (Å²) in [7, 11) is 3.60. The fourth-order valence-corrected chi connectivity index (χ4v) is 4.07. The van der Waals surface area contributed by atoms with E-state index in [0.717, 1.165) is 53.1 Å². The highest BCUT2D eigenvalue weighted by Crippen LogP contribution is 2.31. The molecule has 2 aromatic carbocycles. The van der Waals surface area contributed by atoms with E-state index in [1.807, 2.05) is 74.2 Å². The summed E-state index contributed by atoms with van der Waals surface area (Å²) >= 11 is 3.47. The van der Waals surface area contributed by atoms with Crippen molar-refractivity contribution in [2.24, 2.45) is 7.05 Å². The van der Waals surface area contributed by atoms with Crippen molar-refractivity contribution in [3.05, 3.63) is 89.3 Å². The van der Waals surface area contributed by atoms with E-state index in [0.29, 0.717) is 5.88 Å². The van der Waals surface area contributed by atoms with E-state index < -0.39 is 0 Å². The number of benzene rings is 2. The lowest BCUT2D eigenvalue weighted by Crippen LogP contribution is -2.40. The number of fused-ring (bicyclic) bond motifs is 1. The van der Waals surface area contributed by atoms with E-state index in [1.54, 1.807) is 11.8 Å². The Hall–Kier alpha value is -3.36. The van der Waals surface area contributed by atoms with Gasteiger partial charge in [-0.05, 0) is 36.7 Å². The van der Waals surface area contributed by atoms with Crippen LogP contribution in [-0.4, -0.2) is 47.6 Å². The molecule has 8 heteroatoms. The minimum Gasteiger partial charge on any atom is -0.496 e. The van der Waals surface area contributed by atoms with Crippen molar-refractivity contribution < 1.29 is 9.47 Å². The number of pyridine rings is 1. The second kappa shape index (κ2) is 12.4. The number of nitrogens with zero attached hydrogens (tertiary/aromatic N) is 3. The predicted octanol–water partition coefficient (Wildman–Crippen LogP) is 4.95. The Morgan fingerprint density at radius 2 is 1.89 bits per heavy atom. The Balaban J connectivity index is 0.000000421. The maximum absolute atomic E-state index is 6.05. The molecule has 0 bridgehead atoms. The summed E-state index contributed by atoms with van der Waals surface area (Å²) in [4.78, 5) is 4.49. The summed E-state index contributed by atoms with van der Waals surface area (Å²) in [5.74, 6) is 1.55. The Bertz CT molecular complexity index is 1190. The second-order valence-corrected chi connectivity index (χ2v) is 9.08. The SMILES string of the molecule is COc1cc(Br)ccc1CCNCC1CNc2cc(-c3cnn(C)c3)cnc2O1.c1ccccc1. The molecule has 0 saturated carbocycles. The van der Waals surface area contributed by atoms with Crippen LogP contribution < -0.4 is 20.1 Å². The molecule has 2 N–H and O–H groups in total. The highest BCUT2D eigenvalue weighted by molar-refractivity contribution is 9.10. The topological polar surface area (TPSA) is 73.2 Å². The molecular formula is C27H30BrN5O2. The maximum atomic E-state index is 6.05. The van der Waals surface area contributed by atoms with Gasteiger partial charge in [0.2, 0.25) is 5.88 Å². The molecule has 2 aromatic heterocycles. The van der Waals surface area contributed by atoms with Gasteiger partial charge < -0.3 is 20.1 Å². The molecule has 1 atom stereocenters. The third-order valence-electron chi connectivity index (χ3n) is 5.55. The van der Waals surface area contributed by atoms with E-state index in [-0.39, 0.29) is 6.10 Å². The number of aromatic nitrogens is 3. The molecule has 0 radical (unpaired) electrons. The Morgan fingerprint density at radius 1 is 1.11 bits per heavy atom. The Kier molecular flexibility index (Phi) is 8.75. The summed E-state index contributed by atoms with van der Waals surface area (Å²) in [6.07, 6.45) is 6.55. The highest BCUT2D eigenvalue weighted by Gasteiger charge is 2.21. The van der Waals surface area contributed by atoms with Crippen LogP contribution in [0.1, 0.15) is 5.56 Å². The molecular weight excluding hydrogens is 506 g/mol. The first-order valence-electron chi connectivity index (χ1n) is 11.5. The lowest BCUT2D eigenvalue weighted by atomic mass is 10.1. The molecule has 0 fully saturated rings. The molecule has 5 rings (SSSR count). The number of aryl methyl sites for hydroxylation is 1. The number of nitrogens with one attached hydrogen (secondary N) is 2. The number of ether oxygens (including phenoxy) is 2. The number of methoxy groups -OCH3 is 1. The standard InChI is InChI=1S/C21H24BrN5O2.C6H6/c1-27-13-16(10-26-27)15-7-19-21(25-9-15)29-18(12-24-19)11-23-6-5-14-3-4-17(22)8-20(14)28-2;1-2-4-6-5-3-1/h3-4,7-10,13,18,23-24H,5-6,11-12H2,1-2H3;1-6H. The van der Waals surface area contributed by atoms with Gasteiger partial charge in [-0.1, -0.05) is 58.4 Å². The largest absolute Gasteiger partial charge is 0.496 e. The van der Waals surface area contributed by atoms with Gasteiger partial charge in [-0.2, -0.15) is 5.10 Å². The molecule has 3 heterocycles. The lowest BCUT2D eigenvalue weighted by molar-refractivity contribution is 0.194. The van der Waals surface area contributed by atoms with E-state index in [1.165, 1.54) is 5.56 Å². The molecule has 7 nitrogen and oxygen atoms in total. The van der Waals surface area contributed by atoms with Gasteiger partial charge in [0.25, 0.3) is 0 Å². The fraction of sp³-hybridized carbons (Fsp3) is 0.259. The fourth-order valence-electron chi connectivity index (χ4n) is 3.73. The minimum atomic E-state index is 0.0334. The molecule has 1 unspecified atom stereocenters. The third kappa shape index (κ3) is 7.07. The van der Waals surface area contributed by atoms with Crippen molar-refractivity contribution in [1.82, 2.24) is 20.1 Å². The molecule has 0 amide bonds. The normalized spacial score (nSPS) is 14.1. The predicted molar refractivity (Wildman–Crippen MR) is 143 cm³/mol. The monoisotopic (exact) mass is 535 g/mol. The zero-order valence-electron chi connectivity index (χ0n) is 19.9. The van der Waals surface area contributed by atoms with Crippen LogP contribution in [0, 0.1) is 0 Å². The van der Waals surface area contributed by atoms with Crippen molar-refractivity contribution in [2.75, 3.05) is 32.1 Å². The van der Waals surface area contributed by atoms with Crippen LogP contribution in [0.3, 0.4) is 0 Å². The van der Waals surface area contributed by atoms with Crippen LogP contribution in [0.4, 0.5) is 5.69 Å². The maximum Gasteiger partial charge on any atom is 0.237 e. The number of rotatable bonds is 7. The van der Waals surface area contributed by atoms with E-state index >= 15 is 0 Å². The first kappa shape index (κ1) is 24.8. The number of hydrogen-bond acceptors (Lipinski definition) is 6. The van der Waals surface area contributed by atoms with Crippen LogP contribution in [0.25, 0.3) is 11.1 Å². The van der Waals surface area contributed by atoms with Crippen LogP contribution in [0.15, 0.2) is 83.7 Å². The molecule has 0 aliphatic carbocycles. The van der Waals surface area contributed by atoms with Gasteiger partial charge in [-0.3, -0.25) is 4.68 Å². The van der Waals surface area contributed by atoms with E-state index in [2.05, 4.69) is 48.8 Å². The second-order valence-electron chi connectivity index (χ2n) is 8.17. The van der Waals surface area contributed by atoms with Crippen LogP contribution in [0.5, 0.6) is 11.6 Å². The van der Waals surface area contributed by atoms with Crippen molar-refractivity contribution in [2.45, 2.75) is 12.5 Å². The van der Waals surface area contributed by atoms with Crippen LogP contribution in [-0.2, 0) is 13.5 Å². The smallest absolute Gasteiger partial charge is 0.237 e. The molecule has 0 saturated heterocycles. The van der Waals surface area contributed by atoms with Crippen molar-refractivity contribution in [3.8, 4) is 22.8 Å². The Labute approximate surface area is 214 Å². The van der Waals surface area contributed by atoms with E-state index in [4.69, 9.17) is 9.47 Å². The summed E-state index contributed by atoms with van der Waals surface area (Å²) in [6.45, 7) is 2.33. The summed E-state index contributed by atoms with van der Waals surface area (Å²) in [6, 6.07) is 20.2. The van der Waals surface area contributed by atoms with Gasteiger partial charge in [0.1, 0.15) is 11.9 Å². The van der Waals surface area contributed by atoms with Crippen LogP contribution in [0.2, 0.25) is 0 Å². The van der Waals surface area contributed by atoms with Gasteiger partial charge in [0.15, 0.2) is 0 Å². The average molecular weight is 536 g/mol. The highest BCUT2D eigenvalue weighted by atomic mass is 79.9. The average Bonchev–Trinajstić information content (AvgIpc) is 3.34. The number of halogens is 1. The van der Waals surface area contributed by atoms with Gasteiger partial charge in [-0.15, -0.1) is 0 Å². The van der Waals surface area contributed by atoms with Gasteiger partial charge in [-0.25, -0.2) is 4.98 Å². The number of hydrogen-bond donors (Lipinski definition) is 2. The molecule has 1 aliphatic rings. The van der Waals surface area contributed by atoms with Gasteiger partial charge in [0, 0.05) is 41.6 Å². The first-order chi connectivity index (χ1) is 17.1. The lowest BCUT2D eigenvalue weighted by Gasteiger charge is -2.27. The van der Waals surface area contributed by atoms with E-state index in [9.17, 15) is 0 Å². The zero-order valence-corrected chi connectivity index (χ0v) is 21.5. The molecule has 0 spiro atoms. The first-order valence-corrected chi connectivity index (χ1v) is 12.3. The molecule has 4 aromatic rings. The van der Waals surface area contributed by atoms with Crippen LogP contribution >= 0.6 is 15.9 Å². The van der Waals surface area contributed by atoms with Gasteiger partial charge >= 0.3 is 0 Å². The summed E-state index contributed by atoms with van der Waals surface area (Å²) in [5, 5.41) is 11.1. The van der Waals surface area contributed by atoms with Crippen molar-refractivity contribution >= 4 is 21.6 Å². The third-order valence-corrected chi connectivity index (χ3v) is 6.04. The minimum absolute atomic E-state index is 0.0334. The van der Waals surface area contributed by atoms with Crippen molar-refractivity contribution in [3.63, 3.8) is 0 Å². The summed E-state index contributed by atoms with van der Waals surface area (Å²) < 4.78 is 14.3. The molecule has 35 heavy (non-hydrogen) atoms. The zero-order chi connectivity index (χ0) is 24.5. The van der Waals surface area contributed by atoms with Crippen molar-refractivity contribution in [1.29, 1.82) is 0 Å². The van der Waals surface area contributed by atoms with Gasteiger partial charge in [0.05, 0.1) is 25.5 Å². The number of anilines is 1.